The van der Waals surface area contributed by atoms with Crippen LogP contribution in [-0.2, 0) is 4.79 Å². The van der Waals surface area contributed by atoms with Gasteiger partial charge in [-0.05, 0) is 0 Å². The molecule has 0 fully saturated rings. The summed E-state index contributed by atoms with van der Waals surface area (Å²) in [5.74, 6) is -0.674. The molecule has 0 rings (SSSR count). The van der Waals surface area contributed by atoms with Crippen LogP contribution in [0.2, 0.25) is 0 Å². The molecule has 0 aliphatic heterocycles. The molecular weight excluding hydrogens is 185 g/mol. The molecule has 74 valence electrons. The van der Waals surface area contributed by atoms with Crippen molar-refractivity contribution in [1.82, 2.24) is 5.32 Å². The van der Waals surface area contributed by atoms with Gasteiger partial charge in [0.15, 0.2) is 0 Å². The first-order valence-electron chi connectivity index (χ1n) is 3.66. The van der Waals surface area contributed by atoms with Crippen LogP contribution in [-0.4, -0.2) is 18.6 Å². The number of hydrogen-bond donors (Lipinski definition) is 1. The van der Waals surface area contributed by atoms with E-state index in [1.807, 2.05) is 0 Å². The molecule has 0 aliphatic carbocycles. The molecule has 0 unspecified atom stereocenters. The Bertz CT molecular complexity index is 207. The molecule has 0 bridgehead atoms. The Kier molecular flexibility index (Phi) is 4.89. The van der Waals surface area contributed by atoms with Crippen LogP contribution in [0.4, 0.5) is 13.2 Å². The number of carbonyl (C=O) groups excluding carboxylic acids is 1. The SMILES string of the molecule is N#CCCNC(=O)CCC(F)(F)F. The third-order valence-electron chi connectivity index (χ3n) is 1.19. The molecule has 0 atom stereocenters. The minimum absolute atomic E-state index is 0.104. The molecular formula is C7H9F3N2O. The van der Waals surface area contributed by atoms with Crippen LogP contribution in [0.3, 0.4) is 0 Å². The lowest BCUT2D eigenvalue weighted by Crippen LogP contribution is -2.25. The number of amides is 1. The van der Waals surface area contributed by atoms with Crippen molar-refractivity contribution in [2.45, 2.75) is 25.4 Å². The van der Waals surface area contributed by atoms with Crippen LogP contribution < -0.4 is 5.32 Å². The van der Waals surface area contributed by atoms with Gasteiger partial charge in [-0.25, -0.2) is 0 Å². The average molecular weight is 194 g/mol. The first-order valence-corrected chi connectivity index (χ1v) is 3.66. The Hall–Kier alpha value is -1.25. The van der Waals surface area contributed by atoms with Crippen LogP contribution in [0.15, 0.2) is 0 Å². The van der Waals surface area contributed by atoms with Gasteiger partial charge in [0.25, 0.3) is 0 Å². The number of rotatable bonds is 4. The topological polar surface area (TPSA) is 52.9 Å². The summed E-state index contributed by atoms with van der Waals surface area (Å²) in [6, 6.07) is 1.76. The summed E-state index contributed by atoms with van der Waals surface area (Å²) in [7, 11) is 0. The van der Waals surface area contributed by atoms with Crippen LogP contribution in [0.5, 0.6) is 0 Å². The molecule has 0 saturated heterocycles. The molecule has 0 aliphatic rings. The van der Waals surface area contributed by atoms with Crippen LogP contribution in [0, 0.1) is 11.3 Å². The third kappa shape index (κ3) is 8.66. The lowest BCUT2D eigenvalue weighted by molar-refractivity contribution is -0.144. The number of nitrogens with one attached hydrogen (secondary N) is 1. The first kappa shape index (κ1) is 11.8. The average Bonchev–Trinajstić information content (AvgIpc) is 2.00. The highest BCUT2D eigenvalue weighted by atomic mass is 19.4. The Morgan fingerprint density at radius 1 is 1.46 bits per heavy atom. The summed E-state index contributed by atoms with van der Waals surface area (Å²) in [5.41, 5.74) is 0. The van der Waals surface area contributed by atoms with E-state index < -0.39 is 24.9 Å². The predicted molar refractivity (Wildman–Crippen MR) is 38.5 cm³/mol. The van der Waals surface area contributed by atoms with Crippen molar-refractivity contribution < 1.29 is 18.0 Å². The number of carbonyl (C=O) groups is 1. The van der Waals surface area contributed by atoms with Crippen molar-refractivity contribution in [3.05, 3.63) is 0 Å². The summed E-state index contributed by atoms with van der Waals surface area (Å²) in [5, 5.41) is 10.3. The maximum atomic E-state index is 11.6. The third-order valence-corrected chi connectivity index (χ3v) is 1.19. The van der Waals surface area contributed by atoms with Crippen molar-refractivity contribution >= 4 is 5.91 Å². The summed E-state index contributed by atoms with van der Waals surface area (Å²) >= 11 is 0. The van der Waals surface area contributed by atoms with Crippen molar-refractivity contribution in [2.24, 2.45) is 0 Å². The van der Waals surface area contributed by atoms with Crippen molar-refractivity contribution in [1.29, 1.82) is 5.26 Å². The lowest BCUT2D eigenvalue weighted by Gasteiger charge is -2.05. The van der Waals surface area contributed by atoms with E-state index in [1.54, 1.807) is 6.07 Å². The van der Waals surface area contributed by atoms with E-state index in [-0.39, 0.29) is 13.0 Å². The lowest BCUT2D eigenvalue weighted by atomic mass is 10.3. The number of alkyl halides is 3. The molecule has 0 aromatic rings. The van der Waals surface area contributed by atoms with Crippen molar-refractivity contribution in [2.75, 3.05) is 6.54 Å². The molecule has 3 nitrogen and oxygen atoms in total. The van der Waals surface area contributed by atoms with Crippen LogP contribution in [0.25, 0.3) is 0 Å². The fraction of sp³-hybridized carbons (Fsp3) is 0.714. The number of nitrogens with zero attached hydrogens (tertiary/aromatic N) is 1. The summed E-state index contributed by atoms with van der Waals surface area (Å²) in [6.45, 7) is 0.104. The number of hydrogen-bond acceptors (Lipinski definition) is 2. The highest BCUT2D eigenvalue weighted by molar-refractivity contribution is 5.75. The molecule has 13 heavy (non-hydrogen) atoms. The molecule has 6 heteroatoms. The Morgan fingerprint density at radius 3 is 2.54 bits per heavy atom. The van der Waals surface area contributed by atoms with E-state index in [9.17, 15) is 18.0 Å². The van der Waals surface area contributed by atoms with E-state index >= 15 is 0 Å². The molecule has 0 aromatic heterocycles. The second-order valence-electron chi connectivity index (χ2n) is 2.37. The maximum absolute atomic E-state index is 11.6. The largest absolute Gasteiger partial charge is 0.389 e. The molecule has 0 saturated carbocycles. The Labute approximate surface area is 73.5 Å². The van der Waals surface area contributed by atoms with Crippen molar-refractivity contribution in [3.8, 4) is 6.07 Å². The van der Waals surface area contributed by atoms with Gasteiger partial charge in [-0.2, -0.15) is 18.4 Å². The minimum atomic E-state index is -4.30. The van der Waals surface area contributed by atoms with Gasteiger partial charge < -0.3 is 5.32 Å². The van der Waals surface area contributed by atoms with Gasteiger partial charge in [0.2, 0.25) is 5.91 Å². The normalized spacial score (nSPS) is 10.6. The fourth-order valence-corrected chi connectivity index (χ4v) is 0.601. The van der Waals surface area contributed by atoms with E-state index in [2.05, 4.69) is 5.32 Å². The zero-order valence-electron chi connectivity index (χ0n) is 6.82. The molecule has 0 heterocycles. The zero-order chi connectivity index (χ0) is 10.3. The van der Waals surface area contributed by atoms with Gasteiger partial charge in [-0.15, -0.1) is 0 Å². The van der Waals surface area contributed by atoms with Crippen LogP contribution >= 0.6 is 0 Å². The maximum Gasteiger partial charge on any atom is 0.389 e. The quantitative estimate of drug-likeness (QED) is 0.687. The van der Waals surface area contributed by atoms with Crippen LogP contribution in [0.1, 0.15) is 19.3 Å². The molecule has 0 radical (unpaired) electrons. The molecule has 0 spiro atoms. The Balaban J connectivity index is 3.48. The summed E-state index contributed by atoms with van der Waals surface area (Å²) in [6.07, 6.45) is -5.88. The second kappa shape index (κ2) is 5.41. The van der Waals surface area contributed by atoms with E-state index in [4.69, 9.17) is 5.26 Å². The number of nitriles is 1. The van der Waals surface area contributed by atoms with Gasteiger partial charge in [0.05, 0.1) is 18.9 Å². The fourth-order valence-electron chi connectivity index (χ4n) is 0.601. The van der Waals surface area contributed by atoms with E-state index in [0.29, 0.717) is 0 Å². The summed E-state index contributed by atoms with van der Waals surface area (Å²) < 4.78 is 34.7. The Morgan fingerprint density at radius 2 is 2.08 bits per heavy atom. The highest BCUT2D eigenvalue weighted by Gasteiger charge is 2.27. The first-order chi connectivity index (χ1) is 5.95. The smallest absolute Gasteiger partial charge is 0.355 e. The molecule has 1 N–H and O–H groups in total. The van der Waals surface area contributed by atoms with Gasteiger partial charge >= 0.3 is 6.18 Å². The van der Waals surface area contributed by atoms with Gasteiger partial charge in [-0.1, -0.05) is 0 Å². The van der Waals surface area contributed by atoms with E-state index in [1.165, 1.54) is 0 Å². The minimum Gasteiger partial charge on any atom is -0.355 e. The monoisotopic (exact) mass is 194 g/mol. The number of halogens is 3. The standard InChI is InChI=1S/C7H9F3N2O/c8-7(9,10)3-2-6(13)12-5-1-4-11/h1-3,5H2,(H,12,13). The van der Waals surface area contributed by atoms with E-state index in [0.717, 1.165) is 0 Å². The second-order valence-corrected chi connectivity index (χ2v) is 2.37. The highest BCUT2D eigenvalue weighted by Crippen LogP contribution is 2.20. The molecule has 1 amide bonds. The summed E-state index contributed by atoms with van der Waals surface area (Å²) in [4.78, 5) is 10.6. The predicted octanol–water partition coefficient (Wildman–Crippen LogP) is 1.36. The van der Waals surface area contributed by atoms with Gasteiger partial charge in [0, 0.05) is 13.0 Å². The molecule has 0 aromatic carbocycles. The van der Waals surface area contributed by atoms with Crippen molar-refractivity contribution in [3.63, 3.8) is 0 Å². The van der Waals surface area contributed by atoms with Gasteiger partial charge in [-0.3, -0.25) is 4.79 Å². The van der Waals surface area contributed by atoms with Gasteiger partial charge in [0.1, 0.15) is 0 Å². The zero-order valence-corrected chi connectivity index (χ0v) is 6.82.